The zero-order valence-corrected chi connectivity index (χ0v) is 21.0. The molecule has 0 aliphatic carbocycles. The fraction of sp³-hybridized carbons (Fsp3) is 0.286. The quantitative estimate of drug-likeness (QED) is 0.369. The predicted octanol–water partition coefficient (Wildman–Crippen LogP) is 6.09. The molecule has 2 amide bonds. The summed E-state index contributed by atoms with van der Waals surface area (Å²) in [5, 5.41) is 4.15. The lowest BCUT2D eigenvalue weighted by Gasteiger charge is -2.32. The minimum atomic E-state index is -0.706. The maximum absolute atomic E-state index is 13.7. The van der Waals surface area contributed by atoms with Gasteiger partial charge in [-0.2, -0.15) is 0 Å². The minimum Gasteiger partial charge on any atom is -0.352 e. The maximum Gasteiger partial charge on any atom is 0.243 e. The molecule has 0 unspecified atom stereocenters. The van der Waals surface area contributed by atoms with Crippen LogP contribution in [0.3, 0.4) is 0 Å². The van der Waals surface area contributed by atoms with E-state index in [2.05, 4.69) is 5.32 Å². The standard InChI is InChI=1S/C28H30Cl2N2O2/c1-3-20(2)31-28(34)26(17-21-11-5-4-6-12-21)32(19-23-14-8-10-16-25(23)30)27(33)18-22-13-7-9-15-24(22)29/h4-16,20,26H,3,17-19H2,1-2H3,(H,31,34)/t20-,26-/m0/s1. The number of hydrogen-bond acceptors (Lipinski definition) is 2. The van der Waals surface area contributed by atoms with Gasteiger partial charge in [0.15, 0.2) is 0 Å². The lowest BCUT2D eigenvalue weighted by molar-refractivity contribution is -0.141. The molecule has 3 aromatic rings. The molecule has 0 bridgehead atoms. The van der Waals surface area contributed by atoms with Crippen LogP contribution in [0.4, 0.5) is 0 Å². The first-order valence-corrected chi connectivity index (χ1v) is 12.2. The molecule has 178 valence electrons. The Morgan fingerprint density at radius 3 is 2.00 bits per heavy atom. The molecule has 6 heteroatoms. The molecule has 2 atom stereocenters. The van der Waals surface area contributed by atoms with E-state index < -0.39 is 6.04 Å². The first-order valence-electron chi connectivity index (χ1n) is 11.5. The van der Waals surface area contributed by atoms with Crippen LogP contribution < -0.4 is 5.32 Å². The first-order chi connectivity index (χ1) is 16.4. The van der Waals surface area contributed by atoms with E-state index in [1.54, 1.807) is 17.0 Å². The van der Waals surface area contributed by atoms with Gasteiger partial charge in [0.05, 0.1) is 6.42 Å². The number of carbonyl (C=O) groups excluding carboxylic acids is 2. The molecule has 1 N–H and O–H groups in total. The topological polar surface area (TPSA) is 49.4 Å². The van der Waals surface area contributed by atoms with Crippen LogP contribution in [0.5, 0.6) is 0 Å². The van der Waals surface area contributed by atoms with E-state index in [1.165, 1.54) is 0 Å². The lowest BCUT2D eigenvalue weighted by atomic mass is 10.0. The lowest BCUT2D eigenvalue weighted by Crippen LogP contribution is -2.52. The normalized spacial score (nSPS) is 12.6. The highest BCUT2D eigenvalue weighted by Gasteiger charge is 2.31. The minimum absolute atomic E-state index is 0.00777. The van der Waals surface area contributed by atoms with Crippen molar-refractivity contribution in [1.82, 2.24) is 10.2 Å². The molecule has 0 fully saturated rings. The van der Waals surface area contributed by atoms with Gasteiger partial charge in [0, 0.05) is 29.1 Å². The van der Waals surface area contributed by atoms with Gasteiger partial charge in [-0.1, -0.05) is 96.9 Å². The van der Waals surface area contributed by atoms with Gasteiger partial charge in [0.2, 0.25) is 11.8 Å². The van der Waals surface area contributed by atoms with Crippen LogP contribution in [0.2, 0.25) is 10.0 Å². The van der Waals surface area contributed by atoms with E-state index in [0.717, 1.165) is 23.1 Å². The van der Waals surface area contributed by atoms with E-state index in [4.69, 9.17) is 23.2 Å². The highest BCUT2D eigenvalue weighted by atomic mass is 35.5. The van der Waals surface area contributed by atoms with Gasteiger partial charge < -0.3 is 10.2 Å². The van der Waals surface area contributed by atoms with Crippen molar-refractivity contribution in [1.29, 1.82) is 0 Å². The smallest absolute Gasteiger partial charge is 0.243 e. The van der Waals surface area contributed by atoms with Crippen LogP contribution in [0.1, 0.15) is 37.0 Å². The van der Waals surface area contributed by atoms with Gasteiger partial charge in [-0.25, -0.2) is 0 Å². The summed E-state index contributed by atoms with van der Waals surface area (Å²) in [4.78, 5) is 28.8. The number of halogens is 2. The van der Waals surface area contributed by atoms with Gasteiger partial charge in [0.25, 0.3) is 0 Å². The molecule has 0 spiro atoms. The van der Waals surface area contributed by atoms with Gasteiger partial charge in [-0.15, -0.1) is 0 Å². The Bertz CT molecular complexity index is 1100. The Kier molecular flexibility index (Phi) is 9.55. The number of nitrogens with zero attached hydrogens (tertiary/aromatic N) is 1. The molecule has 4 nitrogen and oxygen atoms in total. The molecule has 0 saturated carbocycles. The van der Waals surface area contributed by atoms with E-state index in [0.29, 0.717) is 16.5 Å². The van der Waals surface area contributed by atoms with Crippen molar-refractivity contribution < 1.29 is 9.59 Å². The highest BCUT2D eigenvalue weighted by Crippen LogP contribution is 2.23. The molecule has 0 aliphatic heterocycles. The molecule has 34 heavy (non-hydrogen) atoms. The average Bonchev–Trinajstić information content (AvgIpc) is 2.84. The van der Waals surface area contributed by atoms with Crippen molar-refractivity contribution in [2.45, 2.75) is 51.7 Å². The Labute approximate surface area is 211 Å². The second-order valence-electron chi connectivity index (χ2n) is 8.40. The zero-order chi connectivity index (χ0) is 24.5. The monoisotopic (exact) mass is 496 g/mol. The Balaban J connectivity index is 2.00. The summed E-state index contributed by atoms with van der Waals surface area (Å²) >= 11 is 12.8. The van der Waals surface area contributed by atoms with Crippen molar-refractivity contribution in [2.75, 3.05) is 0 Å². The Morgan fingerprint density at radius 2 is 1.41 bits per heavy atom. The van der Waals surface area contributed by atoms with E-state index >= 15 is 0 Å². The molecule has 0 radical (unpaired) electrons. The summed E-state index contributed by atoms with van der Waals surface area (Å²) in [6.45, 7) is 4.19. The van der Waals surface area contributed by atoms with Crippen LogP contribution in [0.15, 0.2) is 78.9 Å². The van der Waals surface area contributed by atoms with Crippen molar-refractivity contribution in [3.63, 3.8) is 0 Å². The van der Waals surface area contributed by atoms with Crippen LogP contribution >= 0.6 is 23.2 Å². The second-order valence-corrected chi connectivity index (χ2v) is 9.22. The number of carbonyl (C=O) groups is 2. The number of hydrogen-bond donors (Lipinski definition) is 1. The maximum atomic E-state index is 13.7. The zero-order valence-electron chi connectivity index (χ0n) is 19.5. The number of benzene rings is 3. The largest absolute Gasteiger partial charge is 0.352 e. The van der Waals surface area contributed by atoms with E-state index in [1.807, 2.05) is 80.6 Å². The molecule has 0 saturated heterocycles. The van der Waals surface area contributed by atoms with Crippen molar-refractivity contribution in [2.24, 2.45) is 0 Å². The van der Waals surface area contributed by atoms with Gasteiger partial charge in [0.1, 0.15) is 6.04 Å². The number of rotatable bonds is 10. The third-order valence-electron chi connectivity index (χ3n) is 5.87. The Hall–Kier alpha value is -2.82. The fourth-order valence-electron chi connectivity index (χ4n) is 3.71. The second kappa shape index (κ2) is 12.6. The summed E-state index contributed by atoms with van der Waals surface area (Å²) in [5.74, 6) is -0.369. The molecule has 0 aliphatic rings. The predicted molar refractivity (Wildman–Crippen MR) is 139 cm³/mol. The van der Waals surface area contributed by atoms with Crippen LogP contribution in [-0.2, 0) is 29.0 Å². The number of nitrogens with one attached hydrogen (secondary N) is 1. The van der Waals surface area contributed by atoms with E-state index in [-0.39, 0.29) is 30.8 Å². The van der Waals surface area contributed by atoms with E-state index in [9.17, 15) is 9.59 Å². The SMILES string of the molecule is CC[C@H](C)NC(=O)[C@H](Cc1ccccc1)N(Cc1ccccc1Cl)C(=O)Cc1ccccc1Cl. The molecule has 3 rings (SSSR count). The van der Waals surface area contributed by atoms with Crippen molar-refractivity contribution >= 4 is 35.0 Å². The highest BCUT2D eigenvalue weighted by molar-refractivity contribution is 6.31. The summed E-state index contributed by atoms with van der Waals surface area (Å²) in [7, 11) is 0. The third-order valence-corrected chi connectivity index (χ3v) is 6.61. The fourth-order valence-corrected chi connectivity index (χ4v) is 4.11. The van der Waals surface area contributed by atoms with Gasteiger partial charge >= 0.3 is 0 Å². The molecular formula is C28H30Cl2N2O2. The summed E-state index contributed by atoms with van der Waals surface area (Å²) in [6.07, 6.45) is 1.27. The van der Waals surface area contributed by atoms with Crippen LogP contribution in [0.25, 0.3) is 0 Å². The molecule has 3 aromatic carbocycles. The van der Waals surface area contributed by atoms with Gasteiger partial charge in [-0.05, 0) is 42.2 Å². The van der Waals surface area contributed by atoms with Crippen molar-refractivity contribution in [3.8, 4) is 0 Å². The summed E-state index contributed by atoms with van der Waals surface area (Å²) in [6, 6.07) is 23.7. The van der Waals surface area contributed by atoms with Crippen molar-refractivity contribution in [3.05, 3.63) is 106 Å². The third kappa shape index (κ3) is 7.09. The molecule has 0 aromatic heterocycles. The molecule has 0 heterocycles. The summed E-state index contributed by atoms with van der Waals surface area (Å²) < 4.78 is 0. The van der Waals surface area contributed by atoms with Crippen LogP contribution in [0, 0.1) is 0 Å². The number of amides is 2. The Morgan fingerprint density at radius 1 is 0.853 bits per heavy atom. The average molecular weight is 497 g/mol. The first kappa shape index (κ1) is 25.8. The van der Waals surface area contributed by atoms with Crippen LogP contribution in [-0.4, -0.2) is 28.8 Å². The summed E-state index contributed by atoms with van der Waals surface area (Å²) in [5.41, 5.74) is 2.48. The molecular weight excluding hydrogens is 467 g/mol. The van der Waals surface area contributed by atoms with Gasteiger partial charge in [-0.3, -0.25) is 9.59 Å².